The first-order valence-electron chi connectivity index (χ1n) is 9.44. The maximum Gasteiger partial charge on any atom is 0.312 e. The van der Waals surface area contributed by atoms with Gasteiger partial charge in [0.25, 0.3) is 0 Å². The minimum Gasteiger partial charge on any atom is -0.458 e. The summed E-state index contributed by atoms with van der Waals surface area (Å²) in [5, 5.41) is 21.5. The number of hydrogen-bond donors (Lipinski definition) is 2. The molecule has 6 unspecified atom stereocenters. The van der Waals surface area contributed by atoms with Crippen LogP contribution in [-0.4, -0.2) is 33.0 Å². The van der Waals surface area contributed by atoms with E-state index in [0.29, 0.717) is 18.8 Å². The van der Waals surface area contributed by atoms with Gasteiger partial charge < -0.3 is 14.9 Å². The molecule has 136 valence electrons. The van der Waals surface area contributed by atoms with Crippen LogP contribution in [0.15, 0.2) is 0 Å². The van der Waals surface area contributed by atoms with Crippen molar-refractivity contribution in [3.8, 4) is 0 Å². The lowest BCUT2D eigenvalue weighted by Crippen LogP contribution is -3.03. The number of esters is 1. The molecule has 4 aliphatic carbocycles. The molecule has 1 spiro atoms. The second kappa shape index (κ2) is 4.03. The average molecular weight is 336 g/mol. The van der Waals surface area contributed by atoms with Gasteiger partial charge in [-0.3, -0.25) is 4.79 Å². The van der Waals surface area contributed by atoms with Crippen molar-refractivity contribution < 1.29 is 19.7 Å². The van der Waals surface area contributed by atoms with Gasteiger partial charge in [-0.15, -0.1) is 0 Å². The van der Waals surface area contributed by atoms with Crippen LogP contribution in [0.25, 0.3) is 0 Å². The fourth-order valence-electron chi connectivity index (χ4n) is 7.23. The van der Waals surface area contributed by atoms with E-state index in [0.717, 1.165) is 19.3 Å². The van der Waals surface area contributed by atoms with Gasteiger partial charge in [-0.25, -0.2) is 0 Å². The molecule has 0 aromatic carbocycles. The minimum absolute atomic E-state index is 0.0319. The second-order valence-electron chi connectivity index (χ2n) is 11.0. The SMILES string of the molecule is CC(C)C(C)(CC(C)(C)C)C(=O)OC12CC3CC4(O)CC(O)(C1)C342. The molecule has 0 aromatic rings. The molecular formula is C20H32O4. The van der Waals surface area contributed by atoms with E-state index < -0.39 is 27.6 Å². The van der Waals surface area contributed by atoms with E-state index in [9.17, 15) is 15.0 Å². The van der Waals surface area contributed by atoms with Crippen LogP contribution in [-0.2, 0) is 9.53 Å². The fourth-order valence-corrected chi connectivity index (χ4v) is 7.23. The highest BCUT2D eigenvalue weighted by Crippen LogP contribution is 2.92. The van der Waals surface area contributed by atoms with Gasteiger partial charge in [-0.05, 0) is 43.4 Å². The molecule has 0 bridgehead atoms. The molecule has 4 nitrogen and oxygen atoms in total. The first-order chi connectivity index (χ1) is 10.8. The summed E-state index contributed by atoms with van der Waals surface area (Å²) in [6.45, 7) is 12.6. The van der Waals surface area contributed by atoms with Gasteiger partial charge in [0.05, 0.1) is 22.0 Å². The normalized spacial score (nSPS) is 50.3. The van der Waals surface area contributed by atoms with E-state index in [4.69, 9.17) is 4.74 Å². The van der Waals surface area contributed by atoms with E-state index in [-0.39, 0.29) is 17.3 Å². The molecule has 4 rings (SSSR count). The number of carbonyl (C=O) groups is 1. The van der Waals surface area contributed by atoms with E-state index in [2.05, 4.69) is 34.6 Å². The molecule has 0 amide bonds. The predicted molar refractivity (Wildman–Crippen MR) is 90.1 cm³/mol. The van der Waals surface area contributed by atoms with Crippen molar-refractivity contribution in [2.24, 2.45) is 28.1 Å². The number of rotatable bonds is 4. The predicted octanol–water partition coefficient (Wildman–Crippen LogP) is 3.05. The van der Waals surface area contributed by atoms with Crippen molar-refractivity contribution in [3.63, 3.8) is 0 Å². The third-order valence-corrected chi connectivity index (χ3v) is 8.05. The Morgan fingerprint density at radius 2 is 1.75 bits per heavy atom. The standard InChI is InChI=1S/C20H32O4/c1-12(2)16(6,9-15(3,4)5)14(21)24-19-8-13-7-17(22)10-18(23,11-19)20(13,17)19/h12-13,22-23H,7-11H2,1-6H3. The maximum absolute atomic E-state index is 13.2. The summed E-state index contributed by atoms with van der Waals surface area (Å²) in [6.07, 6.45) is 3.30. The zero-order valence-electron chi connectivity index (χ0n) is 15.9. The van der Waals surface area contributed by atoms with Gasteiger partial charge in [0.1, 0.15) is 5.60 Å². The first-order valence-corrected chi connectivity index (χ1v) is 9.44. The topological polar surface area (TPSA) is 66.8 Å². The van der Waals surface area contributed by atoms with Crippen molar-refractivity contribution in [2.75, 3.05) is 0 Å². The highest BCUT2D eigenvalue weighted by Gasteiger charge is 3.01. The number of hydrogen-bond acceptors (Lipinski definition) is 4. The summed E-state index contributed by atoms with van der Waals surface area (Å²) >= 11 is 0. The maximum atomic E-state index is 13.2. The highest BCUT2D eigenvalue weighted by atomic mass is 16.6. The van der Waals surface area contributed by atoms with E-state index in [1.54, 1.807) is 0 Å². The van der Waals surface area contributed by atoms with Gasteiger partial charge in [-0.1, -0.05) is 34.6 Å². The van der Waals surface area contributed by atoms with E-state index in [1.165, 1.54) is 0 Å². The summed E-state index contributed by atoms with van der Waals surface area (Å²) in [5.41, 5.74) is -3.24. The van der Waals surface area contributed by atoms with Gasteiger partial charge in [-0.2, -0.15) is 0 Å². The highest BCUT2D eigenvalue weighted by molar-refractivity contribution is 5.78. The summed E-state index contributed by atoms with van der Waals surface area (Å²) in [6, 6.07) is 0. The first kappa shape index (κ1) is 16.8. The van der Waals surface area contributed by atoms with Crippen LogP contribution in [0.3, 0.4) is 0 Å². The molecule has 0 radical (unpaired) electrons. The van der Waals surface area contributed by atoms with Crippen molar-refractivity contribution >= 4 is 5.97 Å². The molecule has 24 heavy (non-hydrogen) atoms. The van der Waals surface area contributed by atoms with Crippen LogP contribution in [0, 0.1) is 28.1 Å². The lowest BCUT2D eigenvalue weighted by atomic mass is 9.13. The molecule has 0 aromatic heterocycles. The average Bonchev–Trinajstić information content (AvgIpc) is 2.31. The Bertz CT molecular complexity index is 612. The molecule has 4 saturated carbocycles. The zero-order chi connectivity index (χ0) is 18.0. The lowest BCUT2D eigenvalue weighted by molar-refractivity contribution is -0.549. The van der Waals surface area contributed by atoms with Crippen molar-refractivity contribution in [3.05, 3.63) is 0 Å². The van der Waals surface area contributed by atoms with E-state index in [1.807, 2.05) is 6.92 Å². The Balaban J connectivity index is 1.57. The Morgan fingerprint density at radius 1 is 1.12 bits per heavy atom. The van der Waals surface area contributed by atoms with Crippen LogP contribution >= 0.6 is 0 Å². The van der Waals surface area contributed by atoms with Crippen LogP contribution in [0.2, 0.25) is 0 Å². The van der Waals surface area contributed by atoms with Crippen LogP contribution in [0.5, 0.6) is 0 Å². The summed E-state index contributed by atoms with van der Waals surface area (Å²) in [7, 11) is 0. The van der Waals surface area contributed by atoms with Gasteiger partial charge in [0, 0.05) is 12.8 Å². The second-order valence-corrected chi connectivity index (χ2v) is 11.0. The molecule has 4 fully saturated rings. The fraction of sp³-hybridized carbons (Fsp3) is 0.950. The Labute approximate surface area is 145 Å². The van der Waals surface area contributed by atoms with Crippen molar-refractivity contribution in [2.45, 2.75) is 90.4 Å². The molecule has 2 N–H and O–H groups in total. The molecule has 4 aliphatic rings. The molecule has 0 heterocycles. The third-order valence-electron chi connectivity index (χ3n) is 8.05. The van der Waals surface area contributed by atoms with Crippen LogP contribution < -0.4 is 0 Å². The Hall–Kier alpha value is -0.610. The van der Waals surface area contributed by atoms with Crippen molar-refractivity contribution in [1.82, 2.24) is 0 Å². The zero-order valence-corrected chi connectivity index (χ0v) is 15.9. The monoisotopic (exact) mass is 336 g/mol. The summed E-state index contributed by atoms with van der Waals surface area (Å²) in [4.78, 5) is 13.2. The molecule has 0 saturated heterocycles. The Kier molecular flexibility index (Phi) is 2.83. The largest absolute Gasteiger partial charge is 0.458 e. The number of carbonyl (C=O) groups excluding carboxylic acids is 1. The van der Waals surface area contributed by atoms with Gasteiger partial charge in [0.15, 0.2) is 0 Å². The molecule has 0 aliphatic heterocycles. The third kappa shape index (κ3) is 1.48. The number of ether oxygens (including phenoxy) is 1. The smallest absolute Gasteiger partial charge is 0.312 e. The Morgan fingerprint density at radius 3 is 2.17 bits per heavy atom. The quantitative estimate of drug-likeness (QED) is 0.774. The van der Waals surface area contributed by atoms with Gasteiger partial charge >= 0.3 is 5.97 Å². The van der Waals surface area contributed by atoms with Crippen molar-refractivity contribution in [1.29, 1.82) is 0 Å². The van der Waals surface area contributed by atoms with Crippen LogP contribution in [0.4, 0.5) is 0 Å². The van der Waals surface area contributed by atoms with Gasteiger partial charge in [0.2, 0.25) is 0 Å². The minimum atomic E-state index is -0.790. The summed E-state index contributed by atoms with van der Waals surface area (Å²) < 4.78 is 6.14. The van der Waals surface area contributed by atoms with Crippen LogP contribution in [0.1, 0.15) is 73.6 Å². The number of aliphatic hydroxyl groups is 2. The molecular weight excluding hydrogens is 304 g/mol. The molecule has 4 heteroatoms. The van der Waals surface area contributed by atoms with E-state index >= 15 is 0 Å². The molecule has 6 atom stereocenters. The lowest BCUT2D eigenvalue weighted by Gasteiger charge is -2.94. The summed E-state index contributed by atoms with van der Waals surface area (Å²) in [5.74, 6) is 0.355.